The lowest BCUT2D eigenvalue weighted by Gasteiger charge is -2.18. The Morgan fingerprint density at radius 2 is 2.10 bits per heavy atom. The summed E-state index contributed by atoms with van der Waals surface area (Å²) in [6.45, 7) is 1.41. The number of nitrogens with two attached hydrogens (primary N) is 1. The second-order valence-corrected chi connectivity index (χ2v) is 5.94. The van der Waals surface area contributed by atoms with Gasteiger partial charge in [-0.05, 0) is 48.8 Å². The van der Waals surface area contributed by atoms with Gasteiger partial charge >= 0.3 is 0 Å². The van der Waals surface area contributed by atoms with Crippen LogP contribution in [-0.4, -0.2) is 37.3 Å². The number of benzene rings is 1. The lowest BCUT2D eigenvalue weighted by Crippen LogP contribution is -2.44. The van der Waals surface area contributed by atoms with Crippen molar-refractivity contribution in [3.05, 3.63) is 29.8 Å². The van der Waals surface area contributed by atoms with Crippen LogP contribution in [-0.2, 0) is 16.0 Å². The summed E-state index contributed by atoms with van der Waals surface area (Å²) in [4.78, 5) is 12.0. The van der Waals surface area contributed by atoms with Gasteiger partial charge in [0.05, 0.1) is 6.04 Å². The van der Waals surface area contributed by atoms with Crippen LogP contribution in [0.4, 0.5) is 0 Å². The standard InChI is InChI=1S/C16H24N2O3/c1-21-9-8-16(6-7-16)11-18-15(20)14(17)10-12-2-4-13(19)5-3-12/h2-5,14,19H,6-11,17H2,1H3,(H,18,20)/t14-/m0/s1. The number of carbonyl (C=O) groups is 1. The maximum absolute atomic E-state index is 12.0. The number of phenolic OH excluding ortho intramolecular Hbond substituents is 1. The Kier molecular flexibility index (Phi) is 5.20. The minimum absolute atomic E-state index is 0.119. The number of methoxy groups -OCH3 is 1. The molecule has 1 saturated carbocycles. The third-order valence-electron chi connectivity index (χ3n) is 4.16. The van der Waals surface area contributed by atoms with Crippen molar-refractivity contribution in [2.24, 2.45) is 11.1 Å². The summed E-state index contributed by atoms with van der Waals surface area (Å²) in [5.74, 6) is 0.0948. The average molecular weight is 292 g/mol. The molecule has 21 heavy (non-hydrogen) atoms. The van der Waals surface area contributed by atoms with E-state index in [9.17, 15) is 9.90 Å². The number of ether oxygens (including phenoxy) is 1. The maximum atomic E-state index is 12.0. The maximum Gasteiger partial charge on any atom is 0.237 e. The summed E-state index contributed by atoms with van der Waals surface area (Å²) in [7, 11) is 1.70. The molecule has 4 N–H and O–H groups in total. The van der Waals surface area contributed by atoms with Gasteiger partial charge in [0.25, 0.3) is 0 Å². The van der Waals surface area contributed by atoms with Crippen LogP contribution in [0.15, 0.2) is 24.3 Å². The molecule has 1 fully saturated rings. The van der Waals surface area contributed by atoms with Crippen LogP contribution in [0.3, 0.4) is 0 Å². The molecule has 2 rings (SSSR count). The number of nitrogens with one attached hydrogen (secondary N) is 1. The van der Waals surface area contributed by atoms with Crippen molar-refractivity contribution >= 4 is 5.91 Å². The van der Waals surface area contributed by atoms with E-state index in [-0.39, 0.29) is 17.1 Å². The van der Waals surface area contributed by atoms with E-state index in [1.807, 2.05) is 0 Å². The van der Waals surface area contributed by atoms with Gasteiger partial charge in [-0.25, -0.2) is 0 Å². The van der Waals surface area contributed by atoms with Crippen molar-refractivity contribution in [3.8, 4) is 5.75 Å². The number of aromatic hydroxyl groups is 1. The number of hydrogen-bond donors (Lipinski definition) is 3. The largest absolute Gasteiger partial charge is 0.508 e. The molecule has 0 spiro atoms. The molecule has 1 aliphatic carbocycles. The van der Waals surface area contributed by atoms with Crippen LogP contribution < -0.4 is 11.1 Å². The molecule has 1 amide bonds. The Balaban J connectivity index is 1.76. The molecular formula is C16H24N2O3. The van der Waals surface area contributed by atoms with Gasteiger partial charge in [0.1, 0.15) is 5.75 Å². The molecule has 0 bridgehead atoms. The lowest BCUT2D eigenvalue weighted by molar-refractivity contribution is -0.122. The molecule has 116 valence electrons. The van der Waals surface area contributed by atoms with Crippen LogP contribution in [0.25, 0.3) is 0 Å². The summed E-state index contributed by atoms with van der Waals surface area (Å²) in [5.41, 5.74) is 7.10. The fraction of sp³-hybridized carbons (Fsp3) is 0.562. The molecule has 1 aromatic rings. The number of phenols is 1. The van der Waals surface area contributed by atoms with Crippen molar-refractivity contribution in [1.29, 1.82) is 0 Å². The lowest BCUT2D eigenvalue weighted by atomic mass is 10.0. The molecule has 1 atom stereocenters. The first-order chi connectivity index (χ1) is 10.0. The Hall–Kier alpha value is -1.59. The van der Waals surface area contributed by atoms with Crippen molar-refractivity contribution in [2.75, 3.05) is 20.3 Å². The first-order valence-electron chi connectivity index (χ1n) is 7.35. The molecule has 0 unspecified atom stereocenters. The predicted molar refractivity (Wildman–Crippen MR) is 81.0 cm³/mol. The predicted octanol–water partition coefficient (Wildman–Crippen LogP) is 1.19. The van der Waals surface area contributed by atoms with E-state index in [1.54, 1.807) is 31.4 Å². The highest BCUT2D eigenvalue weighted by Crippen LogP contribution is 2.48. The second kappa shape index (κ2) is 6.91. The van der Waals surface area contributed by atoms with E-state index >= 15 is 0 Å². The molecule has 1 aromatic carbocycles. The van der Waals surface area contributed by atoms with Crippen LogP contribution in [0, 0.1) is 5.41 Å². The van der Waals surface area contributed by atoms with Gasteiger partial charge in [0.15, 0.2) is 0 Å². The number of amides is 1. The highest BCUT2D eigenvalue weighted by atomic mass is 16.5. The zero-order valence-corrected chi connectivity index (χ0v) is 12.5. The van der Waals surface area contributed by atoms with Crippen molar-refractivity contribution < 1.29 is 14.6 Å². The van der Waals surface area contributed by atoms with E-state index < -0.39 is 6.04 Å². The van der Waals surface area contributed by atoms with E-state index in [0.29, 0.717) is 13.0 Å². The average Bonchev–Trinajstić information content (AvgIpc) is 3.25. The molecule has 0 heterocycles. The van der Waals surface area contributed by atoms with Crippen molar-refractivity contribution in [1.82, 2.24) is 5.32 Å². The van der Waals surface area contributed by atoms with Gasteiger partial charge in [0, 0.05) is 20.3 Å². The van der Waals surface area contributed by atoms with Gasteiger partial charge in [-0.15, -0.1) is 0 Å². The molecule has 0 radical (unpaired) electrons. The van der Waals surface area contributed by atoms with Gasteiger partial charge in [0.2, 0.25) is 5.91 Å². The number of rotatable bonds is 8. The Morgan fingerprint density at radius 3 is 2.67 bits per heavy atom. The topological polar surface area (TPSA) is 84.6 Å². The number of carbonyl (C=O) groups excluding carboxylic acids is 1. The quantitative estimate of drug-likeness (QED) is 0.672. The summed E-state index contributed by atoms with van der Waals surface area (Å²) in [5, 5.41) is 12.2. The molecule has 5 heteroatoms. The van der Waals surface area contributed by atoms with Gasteiger partial charge in [-0.3, -0.25) is 4.79 Å². The highest BCUT2D eigenvalue weighted by molar-refractivity contribution is 5.81. The Labute approximate surface area is 125 Å². The monoisotopic (exact) mass is 292 g/mol. The first kappa shape index (κ1) is 15.8. The van der Waals surface area contributed by atoms with Gasteiger partial charge in [-0.2, -0.15) is 0 Å². The Bertz CT molecular complexity index is 469. The summed E-state index contributed by atoms with van der Waals surface area (Å²) < 4.78 is 5.10. The summed E-state index contributed by atoms with van der Waals surface area (Å²) in [6.07, 6.45) is 3.74. The van der Waals surface area contributed by atoms with Crippen molar-refractivity contribution in [2.45, 2.75) is 31.7 Å². The summed E-state index contributed by atoms with van der Waals surface area (Å²) >= 11 is 0. The fourth-order valence-electron chi connectivity index (χ4n) is 2.39. The van der Waals surface area contributed by atoms with Crippen LogP contribution in [0.5, 0.6) is 5.75 Å². The third-order valence-corrected chi connectivity index (χ3v) is 4.16. The fourth-order valence-corrected chi connectivity index (χ4v) is 2.39. The molecule has 0 aromatic heterocycles. The van der Waals surface area contributed by atoms with Crippen molar-refractivity contribution in [3.63, 3.8) is 0 Å². The SMILES string of the molecule is COCCC1(CNC(=O)[C@@H](N)Cc2ccc(O)cc2)CC1. The minimum atomic E-state index is -0.562. The first-order valence-corrected chi connectivity index (χ1v) is 7.35. The zero-order chi connectivity index (χ0) is 15.3. The molecule has 0 saturated heterocycles. The summed E-state index contributed by atoms with van der Waals surface area (Å²) in [6, 6.07) is 6.20. The smallest absolute Gasteiger partial charge is 0.237 e. The minimum Gasteiger partial charge on any atom is -0.508 e. The molecule has 5 nitrogen and oxygen atoms in total. The van der Waals surface area contributed by atoms with E-state index in [1.165, 1.54) is 0 Å². The number of hydrogen-bond acceptors (Lipinski definition) is 4. The van der Waals surface area contributed by atoms with E-state index in [2.05, 4.69) is 5.32 Å². The van der Waals surface area contributed by atoms with E-state index in [0.717, 1.165) is 31.4 Å². The molecular weight excluding hydrogens is 268 g/mol. The van der Waals surface area contributed by atoms with Crippen LogP contribution >= 0.6 is 0 Å². The van der Waals surface area contributed by atoms with Gasteiger partial charge in [-0.1, -0.05) is 12.1 Å². The Morgan fingerprint density at radius 1 is 1.43 bits per heavy atom. The van der Waals surface area contributed by atoms with Crippen LogP contribution in [0.2, 0.25) is 0 Å². The van der Waals surface area contributed by atoms with Crippen LogP contribution in [0.1, 0.15) is 24.8 Å². The third kappa shape index (κ3) is 4.72. The highest BCUT2D eigenvalue weighted by Gasteiger charge is 2.42. The van der Waals surface area contributed by atoms with Gasteiger partial charge < -0.3 is 20.9 Å². The van der Waals surface area contributed by atoms with E-state index in [4.69, 9.17) is 10.5 Å². The molecule has 0 aliphatic heterocycles. The zero-order valence-electron chi connectivity index (χ0n) is 12.5. The second-order valence-electron chi connectivity index (χ2n) is 5.94. The molecule has 1 aliphatic rings. The normalized spacial score (nSPS) is 17.2.